The molecule has 0 saturated heterocycles. The van der Waals surface area contributed by atoms with Crippen LogP contribution in [0.1, 0.15) is 37.9 Å². The van der Waals surface area contributed by atoms with Crippen LogP contribution < -0.4 is 9.47 Å². The first-order valence-electron chi connectivity index (χ1n) is 8.56. The molecule has 2 rings (SSSR count). The third-order valence-electron chi connectivity index (χ3n) is 4.32. The average Bonchev–Trinajstić information content (AvgIpc) is 2.61. The standard InChI is InChI=1S/C20H27NO4S/c1-14(2)25-19-12-11-17(13-15(19)3)26(22,23)21(5)16(4)18-9-7-8-10-20(18)24-6/h7-14,16H,1-6H3. The van der Waals surface area contributed by atoms with Crippen LogP contribution in [0.3, 0.4) is 0 Å². The maximum absolute atomic E-state index is 13.1. The van der Waals surface area contributed by atoms with Crippen molar-refractivity contribution in [1.82, 2.24) is 4.31 Å². The summed E-state index contributed by atoms with van der Waals surface area (Å²) < 4.78 is 38.6. The van der Waals surface area contributed by atoms with Crippen LogP contribution in [0, 0.1) is 6.92 Å². The van der Waals surface area contributed by atoms with Crippen LogP contribution in [0.15, 0.2) is 47.4 Å². The van der Waals surface area contributed by atoms with E-state index in [4.69, 9.17) is 9.47 Å². The van der Waals surface area contributed by atoms with Gasteiger partial charge in [-0.25, -0.2) is 8.42 Å². The van der Waals surface area contributed by atoms with E-state index in [9.17, 15) is 8.42 Å². The lowest BCUT2D eigenvalue weighted by Crippen LogP contribution is -2.30. The maximum atomic E-state index is 13.1. The Balaban J connectivity index is 2.35. The Kier molecular flexibility index (Phi) is 6.31. The van der Waals surface area contributed by atoms with Crippen molar-refractivity contribution in [1.29, 1.82) is 0 Å². The molecule has 0 aromatic heterocycles. The Labute approximate surface area is 156 Å². The molecule has 0 N–H and O–H groups in total. The molecule has 5 nitrogen and oxygen atoms in total. The van der Waals surface area contributed by atoms with Crippen molar-refractivity contribution in [3.8, 4) is 11.5 Å². The molecule has 0 heterocycles. The predicted octanol–water partition coefficient (Wildman–Crippen LogP) is 4.17. The monoisotopic (exact) mass is 377 g/mol. The predicted molar refractivity (Wildman–Crippen MR) is 103 cm³/mol. The first-order valence-corrected chi connectivity index (χ1v) is 10.0. The summed E-state index contributed by atoms with van der Waals surface area (Å²) in [7, 11) is -0.493. The fourth-order valence-electron chi connectivity index (χ4n) is 2.75. The highest BCUT2D eigenvalue weighted by Crippen LogP contribution is 2.32. The van der Waals surface area contributed by atoms with Crippen LogP contribution in [-0.2, 0) is 10.0 Å². The van der Waals surface area contributed by atoms with Gasteiger partial charge in [0.2, 0.25) is 10.0 Å². The highest BCUT2D eigenvalue weighted by atomic mass is 32.2. The number of hydrogen-bond donors (Lipinski definition) is 0. The second-order valence-electron chi connectivity index (χ2n) is 6.53. The summed E-state index contributed by atoms with van der Waals surface area (Å²) in [5.74, 6) is 1.36. The fraction of sp³-hybridized carbons (Fsp3) is 0.400. The second-order valence-corrected chi connectivity index (χ2v) is 8.53. The lowest BCUT2D eigenvalue weighted by atomic mass is 10.1. The van der Waals surface area contributed by atoms with Gasteiger partial charge >= 0.3 is 0 Å². The molecule has 0 spiro atoms. The molecule has 0 amide bonds. The quantitative estimate of drug-likeness (QED) is 0.727. The zero-order chi connectivity index (χ0) is 19.5. The highest BCUT2D eigenvalue weighted by molar-refractivity contribution is 7.89. The minimum Gasteiger partial charge on any atom is -0.496 e. The summed E-state index contributed by atoms with van der Waals surface area (Å²) in [4.78, 5) is 0.246. The average molecular weight is 378 g/mol. The van der Waals surface area contributed by atoms with Gasteiger partial charge < -0.3 is 9.47 Å². The normalized spacial score (nSPS) is 13.1. The van der Waals surface area contributed by atoms with Gasteiger partial charge in [0.15, 0.2) is 0 Å². The Morgan fingerprint density at radius 2 is 1.65 bits per heavy atom. The van der Waals surface area contributed by atoms with Crippen LogP contribution in [0.25, 0.3) is 0 Å². The van der Waals surface area contributed by atoms with Gasteiger partial charge in [0.25, 0.3) is 0 Å². The smallest absolute Gasteiger partial charge is 0.243 e. The van der Waals surface area contributed by atoms with Crippen molar-refractivity contribution < 1.29 is 17.9 Å². The molecule has 2 aromatic rings. The Morgan fingerprint density at radius 1 is 1.00 bits per heavy atom. The summed E-state index contributed by atoms with van der Waals surface area (Å²) in [5.41, 5.74) is 1.61. The lowest BCUT2D eigenvalue weighted by Gasteiger charge is -2.26. The number of sulfonamides is 1. The zero-order valence-corrected chi connectivity index (χ0v) is 17.0. The fourth-order valence-corrected chi connectivity index (χ4v) is 4.18. The van der Waals surface area contributed by atoms with E-state index in [0.717, 1.165) is 11.1 Å². The van der Waals surface area contributed by atoms with Crippen LogP contribution in [0.2, 0.25) is 0 Å². The van der Waals surface area contributed by atoms with E-state index in [-0.39, 0.29) is 17.0 Å². The van der Waals surface area contributed by atoms with Gasteiger partial charge in [-0.15, -0.1) is 0 Å². The van der Waals surface area contributed by atoms with E-state index in [2.05, 4.69) is 0 Å². The molecular formula is C20H27NO4S. The van der Waals surface area contributed by atoms with Crippen molar-refractivity contribution in [2.75, 3.05) is 14.2 Å². The molecule has 2 aromatic carbocycles. The molecule has 0 fully saturated rings. The zero-order valence-electron chi connectivity index (χ0n) is 16.2. The summed E-state index contributed by atoms with van der Waals surface area (Å²) >= 11 is 0. The molecule has 0 aliphatic carbocycles. The molecule has 1 unspecified atom stereocenters. The number of hydrogen-bond acceptors (Lipinski definition) is 4. The van der Waals surface area contributed by atoms with Crippen molar-refractivity contribution in [2.45, 2.75) is 44.7 Å². The highest BCUT2D eigenvalue weighted by Gasteiger charge is 2.28. The van der Waals surface area contributed by atoms with E-state index in [1.54, 1.807) is 32.4 Å². The van der Waals surface area contributed by atoms with Crippen LogP contribution in [0.4, 0.5) is 0 Å². The van der Waals surface area contributed by atoms with Crippen molar-refractivity contribution in [2.24, 2.45) is 0 Å². The number of methoxy groups -OCH3 is 1. The van der Waals surface area contributed by atoms with Crippen molar-refractivity contribution in [3.05, 3.63) is 53.6 Å². The minimum absolute atomic E-state index is 0.0319. The summed E-state index contributed by atoms with van der Waals surface area (Å²) in [6.45, 7) is 7.57. The summed E-state index contributed by atoms with van der Waals surface area (Å²) in [5, 5.41) is 0. The van der Waals surface area contributed by atoms with Gasteiger partial charge in [0.1, 0.15) is 11.5 Å². The Hall–Kier alpha value is -2.05. The van der Waals surface area contributed by atoms with Crippen molar-refractivity contribution in [3.63, 3.8) is 0 Å². The lowest BCUT2D eigenvalue weighted by molar-refractivity contribution is 0.240. The number of para-hydroxylation sites is 1. The van der Waals surface area contributed by atoms with E-state index in [0.29, 0.717) is 11.5 Å². The number of nitrogens with zero attached hydrogens (tertiary/aromatic N) is 1. The molecule has 26 heavy (non-hydrogen) atoms. The molecular weight excluding hydrogens is 350 g/mol. The van der Waals surface area contributed by atoms with Crippen molar-refractivity contribution >= 4 is 10.0 Å². The molecule has 0 aliphatic rings. The summed E-state index contributed by atoms with van der Waals surface area (Å²) in [6.07, 6.45) is 0.0319. The van der Waals surface area contributed by atoms with Gasteiger partial charge in [0, 0.05) is 12.6 Å². The minimum atomic E-state index is -3.66. The SMILES string of the molecule is COc1ccccc1C(C)N(C)S(=O)(=O)c1ccc(OC(C)C)c(C)c1. The Morgan fingerprint density at radius 3 is 2.23 bits per heavy atom. The molecule has 1 atom stereocenters. The molecule has 6 heteroatoms. The van der Waals surface area contributed by atoms with Gasteiger partial charge in [-0.05, 0) is 57.5 Å². The molecule has 0 bridgehead atoms. The van der Waals surface area contributed by atoms with E-state index in [1.807, 2.05) is 52.0 Å². The molecule has 142 valence electrons. The third-order valence-corrected chi connectivity index (χ3v) is 6.24. The van der Waals surface area contributed by atoms with Gasteiger partial charge in [-0.1, -0.05) is 18.2 Å². The van der Waals surface area contributed by atoms with Crippen LogP contribution >= 0.6 is 0 Å². The number of rotatable bonds is 7. The van der Waals surface area contributed by atoms with Crippen LogP contribution in [0.5, 0.6) is 11.5 Å². The third kappa shape index (κ3) is 4.19. The summed E-state index contributed by atoms with van der Waals surface area (Å²) in [6, 6.07) is 12.0. The number of benzene rings is 2. The number of ether oxygens (including phenoxy) is 2. The Bertz CT molecular complexity index is 862. The number of aryl methyl sites for hydroxylation is 1. The molecule has 0 radical (unpaired) electrons. The molecule has 0 aliphatic heterocycles. The van der Waals surface area contributed by atoms with Gasteiger partial charge in [0.05, 0.1) is 24.2 Å². The topological polar surface area (TPSA) is 55.8 Å². The van der Waals surface area contributed by atoms with E-state index in [1.165, 1.54) is 4.31 Å². The largest absolute Gasteiger partial charge is 0.496 e. The second kappa shape index (κ2) is 8.10. The first kappa shape index (κ1) is 20.3. The van der Waals surface area contributed by atoms with E-state index >= 15 is 0 Å². The van der Waals surface area contributed by atoms with Gasteiger partial charge in [-0.3, -0.25) is 0 Å². The maximum Gasteiger partial charge on any atom is 0.243 e. The first-order chi connectivity index (χ1) is 12.2. The molecule has 0 saturated carbocycles. The van der Waals surface area contributed by atoms with E-state index < -0.39 is 10.0 Å². The van der Waals surface area contributed by atoms with Gasteiger partial charge in [-0.2, -0.15) is 4.31 Å². The van der Waals surface area contributed by atoms with Crippen LogP contribution in [-0.4, -0.2) is 33.0 Å².